The molecule has 0 bridgehead atoms. The molecule has 2 rings (SSSR count). The molecule has 2 aliphatic heterocycles. The van der Waals surface area contributed by atoms with Crippen molar-refractivity contribution in [3.8, 4) is 0 Å². The van der Waals surface area contributed by atoms with Crippen molar-refractivity contribution < 1.29 is 240 Å². The predicted octanol–water partition coefficient (Wildman–Crippen LogP) is -4.62. The molecular formula is C26H55N3Na2O10Y4-8. The first kappa shape index (κ1) is 117. The number of hydrogen-bond donors (Lipinski definition) is 4. The second-order valence-electron chi connectivity index (χ2n) is 4.34. The van der Waals surface area contributed by atoms with Crippen LogP contribution < -0.4 is 76.1 Å². The topological polar surface area (TPSA) is 270 Å². The third kappa shape index (κ3) is 231. The summed E-state index contributed by atoms with van der Waals surface area (Å²) in [7, 11) is 1.00. The van der Waals surface area contributed by atoms with E-state index in [1.165, 1.54) is 25.5 Å². The Morgan fingerprint density at radius 2 is 1.24 bits per heavy atom. The summed E-state index contributed by atoms with van der Waals surface area (Å²) in [6, 6.07) is 0. The maximum Gasteiger partial charge on any atom is 1.00 e. The molecule has 0 saturated carbocycles. The van der Waals surface area contributed by atoms with E-state index in [1.54, 1.807) is 53.3 Å². The van der Waals surface area contributed by atoms with Crippen LogP contribution in [0.4, 0.5) is 0 Å². The second kappa shape index (κ2) is 170. The van der Waals surface area contributed by atoms with E-state index < -0.39 is 0 Å². The van der Waals surface area contributed by atoms with Gasteiger partial charge in [0.25, 0.3) is 0 Å². The van der Waals surface area contributed by atoms with Gasteiger partial charge in [0.05, 0.1) is 6.10 Å². The molecule has 0 aromatic carbocycles. The Morgan fingerprint density at radius 3 is 1.27 bits per heavy atom. The van der Waals surface area contributed by atoms with Crippen LogP contribution in [0, 0.1) is 27.7 Å². The quantitative estimate of drug-likeness (QED) is 0.0299. The van der Waals surface area contributed by atoms with Crippen molar-refractivity contribution in [3.63, 3.8) is 0 Å². The van der Waals surface area contributed by atoms with Crippen LogP contribution >= 0.6 is 0 Å². The van der Waals surface area contributed by atoms with E-state index in [0.29, 0.717) is 0 Å². The Bertz CT molecular complexity index is 463. The molecule has 0 spiro atoms. The first-order chi connectivity index (χ1) is 17.9. The molecule has 2 unspecified atom stereocenters. The van der Waals surface area contributed by atoms with Crippen LogP contribution in [-0.4, -0.2) is 78.5 Å². The van der Waals surface area contributed by atoms with Crippen LogP contribution in [0.25, 0.3) is 0 Å². The number of epoxide rings is 1. The number of allylic oxidation sites excluding steroid dienone is 3. The van der Waals surface area contributed by atoms with Gasteiger partial charge in [0.1, 0.15) is 5.78 Å². The number of aliphatic imine (C=N–C) groups is 1. The summed E-state index contributed by atoms with van der Waals surface area (Å²) in [5.74, 6) is 8.17. The zero-order valence-electron chi connectivity index (χ0n) is 29.7. The zero-order valence-corrected chi connectivity index (χ0v) is 45.1. The van der Waals surface area contributed by atoms with E-state index >= 15 is 0 Å². The number of hydrogen-bond acceptors (Lipinski definition) is 12. The van der Waals surface area contributed by atoms with E-state index in [9.17, 15) is 14.4 Å². The molecule has 13 nitrogen and oxygen atoms in total. The maximum absolute atomic E-state index is 9.53. The van der Waals surface area contributed by atoms with Gasteiger partial charge in [-0.2, -0.15) is 45.6 Å². The fourth-order valence-electron chi connectivity index (χ4n) is 0.749. The van der Waals surface area contributed by atoms with Gasteiger partial charge < -0.3 is 83.2 Å². The number of carbonyl (C=O) groups is 1. The van der Waals surface area contributed by atoms with E-state index in [2.05, 4.69) is 62.1 Å². The fraction of sp³-hybridized carbons (Fsp3) is 0.500. The number of Topliss-reactive ketones (excluding diaryl/α,β-unsaturated/α-hetero) is 1. The first-order valence-corrected chi connectivity index (χ1v) is 10.5. The van der Waals surface area contributed by atoms with Crippen molar-refractivity contribution in [2.45, 2.75) is 74.5 Å². The Kier molecular flexibility index (Phi) is 444. The molecule has 2 atom stereocenters. The number of ketones is 1. The van der Waals surface area contributed by atoms with Crippen molar-refractivity contribution in [3.05, 3.63) is 51.5 Å². The van der Waals surface area contributed by atoms with Gasteiger partial charge in [0.2, 0.25) is 0 Å². The van der Waals surface area contributed by atoms with E-state index in [4.69, 9.17) is 20.4 Å². The van der Waals surface area contributed by atoms with Crippen molar-refractivity contribution >= 4 is 31.4 Å². The summed E-state index contributed by atoms with van der Waals surface area (Å²) in [6.45, 7) is 32.8. The molecule has 4 radical (unpaired) electrons. The van der Waals surface area contributed by atoms with Crippen molar-refractivity contribution in [2.24, 2.45) is 16.7 Å². The van der Waals surface area contributed by atoms with Gasteiger partial charge in [0, 0.05) is 138 Å². The largest absolute Gasteiger partial charge is 1.00 e. The van der Waals surface area contributed by atoms with E-state index in [1.807, 2.05) is 19.9 Å². The molecule has 2 aliphatic rings. The van der Waals surface area contributed by atoms with Crippen molar-refractivity contribution in [1.29, 1.82) is 0 Å². The fourth-order valence-corrected chi connectivity index (χ4v) is 0.749. The molecule has 0 aromatic rings. The van der Waals surface area contributed by atoms with E-state index in [0.717, 1.165) is 13.7 Å². The second-order valence-corrected chi connectivity index (χ2v) is 4.34. The smallest absolute Gasteiger partial charge is 0.870 e. The van der Waals surface area contributed by atoms with Gasteiger partial charge >= 0.3 is 59.1 Å². The number of aliphatic hydroxyl groups is 1. The molecule has 2 heterocycles. The van der Waals surface area contributed by atoms with E-state index in [-0.39, 0.29) is 219 Å². The van der Waals surface area contributed by atoms with Gasteiger partial charge in [-0.15, -0.1) is 13.8 Å². The number of rotatable bonds is 2. The van der Waals surface area contributed by atoms with Gasteiger partial charge in [0.15, 0.2) is 0 Å². The third-order valence-electron chi connectivity index (χ3n) is 1.79. The van der Waals surface area contributed by atoms with Gasteiger partial charge in [-0.1, -0.05) is 0 Å². The monoisotopic (exact) mass is 971 g/mol. The molecule has 9 N–H and O–H groups in total. The number of hydrazine groups is 1. The van der Waals surface area contributed by atoms with Crippen LogP contribution in [0.1, 0.15) is 62.3 Å². The molecule has 1 saturated heterocycles. The molecule has 0 aromatic heterocycles. The summed E-state index contributed by atoms with van der Waals surface area (Å²) >= 11 is 0. The molecule has 0 amide bonds. The van der Waals surface area contributed by atoms with Crippen LogP contribution in [0.5, 0.6) is 0 Å². The Morgan fingerprint density at radius 1 is 1.00 bits per heavy atom. The number of nitrogens with two attached hydrogens (primary N) is 2. The van der Waals surface area contributed by atoms with Gasteiger partial charge in [-0.25, -0.2) is 18.4 Å². The molecule has 256 valence electrons. The standard InChI is InChI=1S/C5H6N.C4H5O2.C4H5O.C3H6O.4C2H5.CH4O.CHO.H4N2.2Na.H2O2.2H2O.4Y/c1-5-2-3-6-4-5;1-3-4(2-5)6-3;1-2-3-4-5;1-3(2)4;7*1-2;;;1-2;;;;;;/h2H,4H2,1H3;3-4H,1H3;2-3H,1H3;1-2H3;4*1H2,2H3;2H,1H3;1H;1-2H2;;;1-2H;2*1H2;;;;/q3*-1;;4*-1;;-1;;2*+1;;;;;;;/p-2/b;;3-2+;;;;;;;;;;;;;;;;;. The predicted molar refractivity (Wildman–Crippen MR) is 159 cm³/mol. The zero-order chi connectivity index (χ0) is 32.7. The molecular weight excluding hydrogens is 916 g/mol. The first-order valence-electron chi connectivity index (χ1n) is 10.5. The molecule has 19 heteroatoms. The molecule has 1 fully saturated rings. The van der Waals surface area contributed by atoms with Crippen LogP contribution in [0.3, 0.4) is 0 Å². The Balaban J connectivity index is -0.0000000113. The minimum Gasteiger partial charge on any atom is -0.870 e. The normalized spacial score (nSPS) is 10.7. The molecule has 0 aliphatic carbocycles. The Labute approximate surface area is 420 Å². The van der Waals surface area contributed by atoms with Crippen molar-refractivity contribution in [1.82, 2.24) is 0 Å². The maximum atomic E-state index is 9.53. The Hall–Kier alpha value is 3.93. The summed E-state index contributed by atoms with van der Waals surface area (Å²) in [4.78, 5) is 39.7. The average Bonchev–Trinajstić information content (AvgIpc) is 3.50. The molecule has 45 heavy (non-hydrogen) atoms. The van der Waals surface area contributed by atoms with Gasteiger partial charge in [-0.3, -0.25) is 18.5 Å². The average molecular weight is 971 g/mol. The SMILES string of the molecule is C/C=C/[C-]=O.CC(C)=O.CC1=C[C-]=NC1.CC1OC1[C-]=O.CO.NN.O.[CH-]=O.[CH2-]C.[CH2-]C.[CH2-]C.[CH2-]C.[Na+].[Na+].[O-]O.[OH-].[Y].[Y].[Y].[Y]. The van der Waals surface area contributed by atoms with Crippen molar-refractivity contribution in [2.75, 3.05) is 13.7 Å². The minimum atomic E-state index is -0.204. The van der Waals surface area contributed by atoms with Crippen LogP contribution in [0.15, 0.2) is 28.8 Å². The summed E-state index contributed by atoms with van der Waals surface area (Å²) < 4.78 is 4.64. The van der Waals surface area contributed by atoms with Crippen LogP contribution in [0.2, 0.25) is 0 Å². The number of nitrogens with zero attached hydrogens (tertiary/aromatic N) is 1. The number of carbonyl (C=O) groups excluding carboxylic acids is 4. The van der Waals surface area contributed by atoms with Crippen LogP contribution in [-0.2, 0) is 155 Å². The summed E-state index contributed by atoms with van der Waals surface area (Å²) in [5.41, 5.74) is 1.30. The van der Waals surface area contributed by atoms with Gasteiger partial charge in [-0.05, 0) is 39.7 Å². The summed E-state index contributed by atoms with van der Waals surface area (Å²) in [6.07, 6.45) is 10.8. The minimum absolute atomic E-state index is 0. The third-order valence-corrected chi connectivity index (χ3v) is 1.79. The summed E-state index contributed by atoms with van der Waals surface area (Å²) in [5, 5.41) is 20.0. The number of ether oxygens (including phenoxy) is 1. The number of aliphatic hydroxyl groups excluding tert-OH is 1.